The fraction of sp³-hybridized carbons (Fsp3) is 0.438. The zero-order valence-corrected chi connectivity index (χ0v) is 13.5. The lowest BCUT2D eigenvalue weighted by atomic mass is 10.2. The second-order valence-corrected chi connectivity index (χ2v) is 11.6. The van der Waals surface area contributed by atoms with Gasteiger partial charge in [-0.25, -0.2) is 0 Å². The molecule has 2 aromatic rings. The van der Waals surface area contributed by atoms with Crippen LogP contribution in [0.2, 0.25) is 19.6 Å². The zero-order valence-electron chi connectivity index (χ0n) is 12.5. The van der Waals surface area contributed by atoms with Crippen molar-refractivity contribution in [2.75, 3.05) is 0 Å². The van der Waals surface area contributed by atoms with Crippen LogP contribution in [0.1, 0.15) is 11.3 Å². The number of ether oxygens (including phenoxy) is 1. The molecule has 4 heteroatoms. The predicted molar refractivity (Wildman–Crippen MR) is 83.9 cm³/mol. The van der Waals surface area contributed by atoms with Gasteiger partial charge < -0.3 is 4.74 Å². The Morgan fingerprint density at radius 2 is 2.00 bits per heavy atom. The molecule has 0 aliphatic carbocycles. The fourth-order valence-electron chi connectivity index (χ4n) is 2.53. The molecule has 3 rings (SSSR count). The van der Waals surface area contributed by atoms with Gasteiger partial charge in [-0.05, 0) is 11.6 Å². The molecule has 1 aromatic carbocycles. The molecule has 106 valence electrons. The Balaban J connectivity index is 1.60. The second-order valence-electron chi connectivity index (χ2n) is 6.58. The minimum absolute atomic E-state index is 0.272. The van der Waals surface area contributed by atoms with Gasteiger partial charge in [0.1, 0.15) is 8.07 Å². The second kappa shape index (κ2) is 5.18. The molecule has 2 heterocycles. The normalized spacial score (nSPS) is 18.2. The van der Waals surface area contributed by atoms with Crippen molar-refractivity contribution in [2.45, 2.75) is 45.3 Å². The van der Waals surface area contributed by atoms with Crippen molar-refractivity contribution in [2.24, 2.45) is 0 Å². The van der Waals surface area contributed by atoms with Crippen molar-refractivity contribution in [3.05, 3.63) is 47.7 Å². The molecule has 1 aromatic heterocycles. The molecule has 0 spiro atoms. The molecular weight excluding hydrogens is 264 g/mol. The Morgan fingerprint density at radius 1 is 1.25 bits per heavy atom. The lowest BCUT2D eigenvalue weighted by Crippen LogP contribution is -2.39. The molecule has 0 bridgehead atoms. The highest BCUT2D eigenvalue weighted by molar-refractivity contribution is 6.88. The van der Waals surface area contributed by atoms with Gasteiger partial charge in [-0.3, -0.25) is 4.68 Å². The third-order valence-corrected chi connectivity index (χ3v) is 5.55. The monoisotopic (exact) mass is 286 g/mol. The Hall–Kier alpha value is -1.39. The van der Waals surface area contributed by atoms with Gasteiger partial charge in [0.2, 0.25) is 0 Å². The van der Waals surface area contributed by atoms with E-state index < -0.39 is 8.07 Å². The van der Waals surface area contributed by atoms with Gasteiger partial charge >= 0.3 is 0 Å². The van der Waals surface area contributed by atoms with E-state index in [0.29, 0.717) is 6.61 Å². The first-order chi connectivity index (χ1) is 9.52. The average Bonchev–Trinajstić information content (AvgIpc) is 2.95. The predicted octanol–water partition coefficient (Wildman–Crippen LogP) is 2.57. The summed E-state index contributed by atoms with van der Waals surface area (Å²) in [5.74, 6) is 0. The van der Waals surface area contributed by atoms with Gasteiger partial charge in [0.25, 0.3) is 0 Å². The van der Waals surface area contributed by atoms with E-state index in [9.17, 15) is 0 Å². The summed E-state index contributed by atoms with van der Waals surface area (Å²) in [5.41, 5.74) is 2.57. The van der Waals surface area contributed by atoms with E-state index in [1.165, 1.54) is 16.6 Å². The quantitative estimate of drug-likeness (QED) is 0.808. The van der Waals surface area contributed by atoms with Gasteiger partial charge in [-0.15, -0.1) is 0 Å². The van der Waals surface area contributed by atoms with Crippen molar-refractivity contribution in [1.29, 1.82) is 0 Å². The van der Waals surface area contributed by atoms with E-state index in [4.69, 9.17) is 9.84 Å². The number of hydrogen-bond acceptors (Lipinski definition) is 2. The average molecular weight is 286 g/mol. The van der Waals surface area contributed by atoms with E-state index >= 15 is 0 Å². The zero-order chi connectivity index (χ0) is 14.2. The maximum atomic E-state index is 6.01. The summed E-state index contributed by atoms with van der Waals surface area (Å²) < 4.78 is 8.15. The molecular formula is C16H22N2OSi. The largest absolute Gasteiger partial charge is 0.371 e. The van der Waals surface area contributed by atoms with Gasteiger partial charge in [-0.1, -0.05) is 50.0 Å². The summed E-state index contributed by atoms with van der Waals surface area (Å²) in [4.78, 5) is 0. The Kier molecular flexibility index (Phi) is 3.52. The molecule has 3 nitrogen and oxygen atoms in total. The van der Waals surface area contributed by atoms with Gasteiger partial charge in [-0.2, -0.15) is 5.10 Å². The topological polar surface area (TPSA) is 27.1 Å². The molecule has 1 atom stereocenters. The number of nitrogens with zero attached hydrogens (tertiary/aromatic N) is 2. The summed E-state index contributed by atoms with van der Waals surface area (Å²) in [6, 6.07) is 12.6. The molecule has 1 aliphatic rings. The van der Waals surface area contributed by atoms with Crippen LogP contribution < -0.4 is 5.32 Å². The van der Waals surface area contributed by atoms with Crippen molar-refractivity contribution >= 4 is 13.4 Å². The van der Waals surface area contributed by atoms with Crippen LogP contribution in [-0.2, 0) is 24.3 Å². The summed E-state index contributed by atoms with van der Waals surface area (Å²) in [7, 11) is -1.29. The van der Waals surface area contributed by atoms with E-state index in [2.05, 4.69) is 54.7 Å². The number of aromatic nitrogens is 2. The Bertz CT molecular complexity index is 563. The maximum Gasteiger partial charge on any atom is 0.104 e. The molecule has 0 N–H and O–H groups in total. The van der Waals surface area contributed by atoms with Crippen LogP contribution in [0.3, 0.4) is 0 Å². The summed E-state index contributed by atoms with van der Waals surface area (Å²) >= 11 is 0. The minimum atomic E-state index is -1.29. The number of benzene rings is 1. The summed E-state index contributed by atoms with van der Waals surface area (Å²) in [5, 5.41) is 6.08. The minimum Gasteiger partial charge on any atom is -0.371 e. The number of rotatable bonds is 4. The molecule has 1 aliphatic heterocycles. The highest BCUT2D eigenvalue weighted by Gasteiger charge is 2.28. The van der Waals surface area contributed by atoms with Crippen LogP contribution in [0.15, 0.2) is 36.4 Å². The summed E-state index contributed by atoms with van der Waals surface area (Å²) in [6.45, 7) is 8.61. The number of fused-ring (bicyclic) bond motifs is 1. The van der Waals surface area contributed by atoms with Gasteiger partial charge in [0.05, 0.1) is 19.3 Å². The first-order valence-electron chi connectivity index (χ1n) is 7.25. The lowest BCUT2D eigenvalue weighted by molar-refractivity contribution is 0.0404. The molecule has 0 saturated heterocycles. The lowest BCUT2D eigenvalue weighted by Gasteiger charge is -2.14. The van der Waals surface area contributed by atoms with E-state index in [0.717, 1.165) is 13.0 Å². The molecule has 0 radical (unpaired) electrons. The standard InChI is InChI=1S/C16H22N2OSi/c1-20(2,3)16-10-14-9-15(11-18(14)17-16)19-12-13-7-5-4-6-8-13/h4-8,10,15H,9,11-12H2,1-3H3. The van der Waals surface area contributed by atoms with E-state index in [1.54, 1.807) is 0 Å². The highest BCUT2D eigenvalue weighted by Crippen LogP contribution is 2.18. The van der Waals surface area contributed by atoms with Crippen molar-refractivity contribution in [1.82, 2.24) is 9.78 Å². The van der Waals surface area contributed by atoms with Crippen LogP contribution in [0.4, 0.5) is 0 Å². The van der Waals surface area contributed by atoms with Crippen LogP contribution in [0.5, 0.6) is 0 Å². The molecule has 0 amide bonds. The Morgan fingerprint density at radius 3 is 2.65 bits per heavy atom. The van der Waals surface area contributed by atoms with Crippen LogP contribution in [0, 0.1) is 0 Å². The van der Waals surface area contributed by atoms with Gasteiger partial charge in [0, 0.05) is 17.4 Å². The Labute approximate surface area is 121 Å². The van der Waals surface area contributed by atoms with Crippen LogP contribution >= 0.6 is 0 Å². The highest BCUT2D eigenvalue weighted by atomic mass is 28.3. The third kappa shape index (κ3) is 2.86. The molecule has 0 fully saturated rings. The summed E-state index contributed by atoms with van der Waals surface area (Å²) in [6.07, 6.45) is 1.26. The first-order valence-corrected chi connectivity index (χ1v) is 10.7. The van der Waals surface area contributed by atoms with Crippen molar-refractivity contribution < 1.29 is 4.74 Å². The van der Waals surface area contributed by atoms with Crippen molar-refractivity contribution in [3.63, 3.8) is 0 Å². The maximum absolute atomic E-state index is 6.01. The fourth-order valence-corrected chi connectivity index (χ4v) is 3.56. The molecule has 0 saturated carbocycles. The van der Waals surface area contributed by atoms with Gasteiger partial charge in [0.15, 0.2) is 0 Å². The van der Waals surface area contributed by atoms with Crippen LogP contribution in [-0.4, -0.2) is 24.0 Å². The SMILES string of the molecule is C[Si](C)(C)c1cc2n(n1)CC(OCc1ccccc1)C2. The smallest absolute Gasteiger partial charge is 0.104 e. The van der Waals surface area contributed by atoms with Crippen LogP contribution in [0.25, 0.3) is 0 Å². The number of hydrogen-bond donors (Lipinski definition) is 0. The molecule has 1 unspecified atom stereocenters. The molecule has 20 heavy (non-hydrogen) atoms. The van der Waals surface area contributed by atoms with E-state index in [-0.39, 0.29) is 6.10 Å². The third-order valence-electron chi connectivity index (χ3n) is 3.77. The van der Waals surface area contributed by atoms with E-state index in [1.807, 2.05) is 6.07 Å². The first kappa shape index (κ1) is 13.6. The van der Waals surface area contributed by atoms with Crippen molar-refractivity contribution in [3.8, 4) is 0 Å².